The number of carbonyl (C=O) groups is 2. The predicted octanol–water partition coefficient (Wildman–Crippen LogP) is 4.22. The molecule has 1 N–H and O–H groups in total. The molecule has 3 heterocycles. The number of nitrogens with one attached hydrogen (secondary N) is 1. The molecule has 3 aromatic heterocycles. The van der Waals surface area contributed by atoms with Crippen LogP contribution in [0, 0.1) is 5.41 Å². The van der Waals surface area contributed by atoms with Crippen LogP contribution >= 0.6 is 0 Å². The van der Waals surface area contributed by atoms with Gasteiger partial charge in [-0.2, -0.15) is 4.52 Å². The van der Waals surface area contributed by atoms with Crippen molar-refractivity contribution in [1.82, 2.24) is 24.1 Å². The summed E-state index contributed by atoms with van der Waals surface area (Å²) in [6.45, 7) is 5.88. The molecule has 0 aliphatic heterocycles. The summed E-state index contributed by atoms with van der Waals surface area (Å²) in [5.41, 5.74) is 1.43. The summed E-state index contributed by atoms with van der Waals surface area (Å²) in [7, 11) is 0. The van der Waals surface area contributed by atoms with Crippen LogP contribution in [0.1, 0.15) is 45.3 Å². The number of benzene rings is 2. The second kappa shape index (κ2) is 10.7. The Balaban J connectivity index is 1.19. The van der Waals surface area contributed by atoms with Gasteiger partial charge in [0.15, 0.2) is 0 Å². The van der Waals surface area contributed by atoms with Gasteiger partial charge in [0.2, 0.25) is 0 Å². The lowest BCUT2D eigenvalue weighted by Crippen LogP contribution is -2.32. The number of rotatable bonds is 10. The van der Waals surface area contributed by atoms with Gasteiger partial charge in [-0.15, -0.1) is 0 Å². The first-order chi connectivity index (χ1) is 18.8. The van der Waals surface area contributed by atoms with Crippen LogP contribution in [0.15, 0.2) is 65.7 Å². The third-order valence-electron chi connectivity index (χ3n) is 7.30. The maximum Gasteiger partial charge on any atom is 0.311 e. The van der Waals surface area contributed by atoms with E-state index in [2.05, 4.69) is 50.8 Å². The summed E-state index contributed by atoms with van der Waals surface area (Å²) in [4.78, 5) is 45.5. The number of ether oxygens (including phenoxy) is 2. The first kappa shape index (κ1) is 26.1. The third-order valence-corrected chi connectivity index (χ3v) is 7.30. The number of aromatic nitrogens is 5. The number of fused-ring (bicyclic) bond motifs is 4. The van der Waals surface area contributed by atoms with Gasteiger partial charge in [-0.05, 0) is 38.8 Å². The molecule has 0 radical (unpaired) electrons. The summed E-state index contributed by atoms with van der Waals surface area (Å²) in [5.74, 6) is -0.725. The van der Waals surface area contributed by atoms with Gasteiger partial charge in [0.25, 0.3) is 11.3 Å². The first-order valence-corrected chi connectivity index (χ1v) is 13.0. The van der Waals surface area contributed by atoms with E-state index in [0.717, 1.165) is 11.0 Å². The monoisotopic (exact) mass is 529 g/mol. The van der Waals surface area contributed by atoms with Gasteiger partial charge in [0.1, 0.15) is 19.5 Å². The molecule has 5 aromatic rings. The van der Waals surface area contributed by atoms with Crippen LogP contribution in [-0.4, -0.2) is 49.3 Å². The number of esters is 2. The van der Waals surface area contributed by atoms with Crippen molar-refractivity contribution in [3.05, 3.63) is 77.0 Å². The van der Waals surface area contributed by atoms with Crippen molar-refractivity contribution in [2.45, 2.75) is 46.1 Å². The molecule has 0 spiro atoms. The normalized spacial score (nSPS) is 13.9. The number of hydrogen-bond acceptors (Lipinski definition) is 7. The fraction of sp³-hybridized carbons (Fsp3) is 0.345. The second-order valence-corrected chi connectivity index (χ2v) is 10.0. The molecule has 5 rings (SSSR count). The summed E-state index contributed by atoms with van der Waals surface area (Å²) in [6.07, 6.45) is 2.34. The van der Waals surface area contributed by atoms with Crippen molar-refractivity contribution in [2.24, 2.45) is 5.41 Å². The number of carbonyl (C=O) groups excluding carboxylic acids is 2. The van der Waals surface area contributed by atoms with Gasteiger partial charge in [-0.1, -0.05) is 43.3 Å². The van der Waals surface area contributed by atoms with E-state index in [1.807, 2.05) is 38.1 Å². The molecule has 2 unspecified atom stereocenters. The average Bonchev–Trinajstić information content (AvgIpc) is 3.54. The number of H-pyrrole nitrogens is 1. The van der Waals surface area contributed by atoms with Crippen LogP contribution < -0.4 is 5.56 Å². The van der Waals surface area contributed by atoms with E-state index in [-0.39, 0.29) is 48.7 Å². The Hall–Kier alpha value is -4.47. The van der Waals surface area contributed by atoms with Crippen LogP contribution in [0.2, 0.25) is 0 Å². The molecule has 202 valence electrons. The van der Waals surface area contributed by atoms with Crippen molar-refractivity contribution in [1.29, 1.82) is 0 Å². The van der Waals surface area contributed by atoms with Crippen LogP contribution in [0.3, 0.4) is 0 Å². The van der Waals surface area contributed by atoms with Gasteiger partial charge >= 0.3 is 11.9 Å². The average molecular weight is 530 g/mol. The van der Waals surface area contributed by atoms with Gasteiger partial charge in [-0.25, -0.2) is 9.97 Å². The Labute approximate surface area is 224 Å². The van der Waals surface area contributed by atoms with Crippen LogP contribution in [0.5, 0.6) is 0 Å². The summed E-state index contributed by atoms with van der Waals surface area (Å²) in [5, 5.41) is 5.01. The lowest BCUT2D eigenvalue weighted by molar-refractivity contribution is -0.160. The van der Waals surface area contributed by atoms with Crippen LogP contribution in [-0.2, 0) is 25.5 Å². The van der Waals surface area contributed by atoms with Crippen LogP contribution in [0.4, 0.5) is 0 Å². The Bertz CT molecular complexity index is 1660. The summed E-state index contributed by atoms with van der Waals surface area (Å²) in [6, 6.07) is 17.9. The zero-order valence-electron chi connectivity index (χ0n) is 22.2. The highest BCUT2D eigenvalue weighted by molar-refractivity contribution is 6.08. The Morgan fingerprint density at radius 3 is 2.33 bits per heavy atom. The summed E-state index contributed by atoms with van der Waals surface area (Å²) >= 11 is 0. The minimum Gasteiger partial charge on any atom is -0.462 e. The van der Waals surface area contributed by atoms with E-state index in [4.69, 9.17) is 9.47 Å². The highest BCUT2D eigenvalue weighted by Gasteiger charge is 2.35. The van der Waals surface area contributed by atoms with E-state index in [1.165, 1.54) is 27.7 Å². The third kappa shape index (κ3) is 5.14. The molecule has 0 saturated heterocycles. The fourth-order valence-electron chi connectivity index (χ4n) is 5.17. The van der Waals surface area contributed by atoms with Crippen molar-refractivity contribution in [3.63, 3.8) is 0 Å². The molecule has 2 atom stereocenters. The topological polar surface area (TPSA) is 121 Å². The zero-order chi connectivity index (χ0) is 27.6. The second-order valence-electron chi connectivity index (χ2n) is 10.0. The zero-order valence-corrected chi connectivity index (χ0v) is 22.2. The van der Waals surface area contributed by atoms with Gasteiger partial charge in [0.05, 0.1) is 17.5 Å². The fourth-order valence-corrected chi connectivity index (χ4v) is 5.17. The molecule has 10 heteroatoms. The number of para-hydroxylation sites is 2. The molecule has 39 heavy (non-hydrogen) atoms. The van der Waals surface area contributed by atoms with Crippen molar-refractivity contribution in [2.75, 3.05) is 13.2 Å². The van der Waals surface area contributed by atoms with E-state index in [1.54, 1.807) is 0 Å². The molecule has 0 saturated carbocycles. The Morgan fingerprint density at radius 1 is 1.03 bits per heavy atom. The van der Waals surface area contributed by atoms with Gasteiger partial charge in [0, 0.05) is 33.9 Å². The molecule has 10 nitrogen and oxygen atoms in total. The molecular weight excluding hydrogens is 498 g/mol. The van der Waals surface area contributed by atoms with E-state index in [9.17, 15) is 14.4 Å². The largest absolute Gasteiger partial charge is 0.462 e. The quantitative estimate of drug-likeness (QED) is 0.212. The molecule has 0 bridgehead atoms. The van der Waals surface area contributed by atoms with Crippen molar-refractivity contribution in [3.8, 4) is 0 Å². The van der Waals surface area contributed by atoms with Crippen molar-refractivity contribution < 1.29 is 19.1 Å². The van der Waals surface area contributed by atoms with Gasteiger partial charge in [-0.3, -0.25) is 19.5 Å². The molecule has 0 fully saturated rings. The molecule has 0 amide bonds. The predicted molar refractivity (Wildman–Crippen MR) is 146 cm³/mol. The lowest BCUT2D eigenvalue weighted by Gasteiger charge is -2.30. The highest BCUT2D eigenvalue weighted by atomic mass is 16.6. The molecule has 0 aliphatic rings. The van der Waals surface area contributed by atoms with E-state index in [0.29, 0.717) is 12.8 Å². The molecular formula is C29H31N5O5. The maximum absolute atomic E-state index is 13.2. The highest BCUT2D eigenvalue weighted by Crippen LogP contribution is 2.38. The first-order valence-electron chi connectivity index (χ1n) is 13.0. The molecule has 2 aromatic carbocycles. The lowest BCUT2D eigenvalue weighted by atomic mass is 9.81. The summed E-state index contributed by atoms with van der Waals surface area (Å²) < 4.78 is 14.2. The van der Waals surface area contributed by atoms with E-state index >= 15 is 0 Å². The van der Waals surface area contributed by atoms with Crippen LogP contribution in [0.25, 0.3) is 27.6 Å². The minimum atomic E-state index is -0.721. The Morgan fingerprint density at radius 2 is 1.67 bits per heavy atom. The van der Waals surface area contributed by atoms with Gasteiger partial charge < -0.3 is 14.0 Å². The number of nitrogens with zero attached hydrogens (tertiary/aromatic N) is 4. The number of hydrogen-bond donors (Lipinski definition) is 1. The Kier molecular flexibility index (Phi) is 7.19. The smallest absolute Gasteiger partial charge is 0.311 e. The minimum absolute atomic E-state index is 0.0357. The number of aromatic amines is 1. The van der Waals surface area contributed by atoms with Crippen molar-refractivity contribution >= 4 is 39.5 Å². The standard InChI is InChI=1S/C29H31N5O5/c1-4-29(3,17-19(2)33-23-11-7-5-9-21(23)22-10-6-8-12-24(22)33)27(37)39-14-13-38-26(36)16-20-15-25(35)34-28(32-20)30-18-31-34/h5-12,15,18-19H,4,13-14,16-17H2,1-3H3,(H,30,31,32). The molecule has 0 aliphatic carbocycles. The SMILES string of the molecule is CCC(C)(CC(C)n1c2ccccc2c2ccccc21)C(=O)OCCOC(=O)Cc1cc(=O)n2[nH]cnc2n1. The maximum atomic E-state index is 13.2. The van der Waals surface area contributed by atoms with E-state index < -0.39 is 11.4 Å².